The Morgan fingerprint density at radius 3 is 2.10 bits per heavy atom. The normalized spacial score (nSPS) is 12.7. The minimum absolute atomic E-state index is 0.0257. The van der Waals surface area contributed by atoms with Gasteiger partial charge in [0.1, 0.15) is 23.1 Å². The van der Waals surface area contributed by atoms with Gasteiger partial charge in [0.15, 0.2) is 12.4 Å². The van der Waals surface area contributed by atoms with Gasteiger partial charge in [-0.2, -0.15) is 13.2 Å². The van der Waals surface area contributed by atoms with Crippen LogP contribution < -0.4 is 14.2 Å². The number of carbonyl (C=O) groups is 3. The van der Waals surface area contributed by atoms with Crippen molar-refractivity contribution in [1.82, 2.24) is 4.90 Å². The number of benzene rings is 2. The molecule has 0 fully saturated rings. The summed E-state index contributed by atoms with van der Waals surface area (Å²) in [4.78, 5) is 34.6. The first-order valence-electron chi connectivity index (χ1n) is 11.4. The number of carbonyl (C=O) groups excluding carboxylic acids is 1. The smallest absolute Gasteiger partial charge is 0.490 e. The molecule has 3 N–H and O–H groups in total. The second kappa shape index (κ2) is 12.0. The van der Waals surface area contributed by atoms with Gasteiger partial charge < -0.3 is 29.3 Å². The molecule has 1 aliphatic heterocycles. The first kappa shape index (κ1) is 30.9. The number of carboxylic acids is 2. The van der Waals surface area contributed by atoms with Gasteiger partial charge in [-0.15, -0.1) is 0 Å². The van der Waals surface area contributed by atoms with Gasteiger partial charge in [0.2, 0.25) is 0 Å². The molecule has 1 heterocycles. The fraction of sp³-hybridized carbons (Fsp3) is 0.385. The van der Waals surface area contributed by atoms with Crippen molar-refractivity contribution in [2.24, 2.45) is 0 Å². The van der Waals surface area contributed by atoms with E-state index >= 15 is 0 Å². The number of rotatable bonds is 8. The molecule has 0 unspecified atom stereocenters. The van der Waals surface area contributed by atoms with Gasteiger partial charge in [0.05, 0.1) is 26.3 Å². The standard InChI is InChI=1S/C24H28N2O6.C2HF3O2/c1-24(2,3)17-9-14(6-7-19(17)32-13-21(28)29)18(27)12-26-11-15-8-16(30-4)10-20(31-5)22(15)23(26)25;3-2(4,5)1(6)7/h6-10,25H,11-13H2,1-5H3,(H,28,29);(H,6,7). The number of methoxy groups -OCH3 is 2. The summed E-state index contributed by atoms with van der Waals surface area (Å²) in [6, 6.07) is 8.59. The van der Waals surface area contributed by atoms with Crippen LogP contribution in [0.5, 0.6) is 17.2 Å². The van der Waals surface area contributed by atoms with Crippen LogP contribution in [0.4, 0.5) is 13.2 Å². The summed E-state index contributed by atoms with van der Waals surface area (Å²) in [6.45, 7) is 5.88. The highest BCUT2D eigenvalue weighted by atomic mass is 19.4. The molecule has 0 aliphatic carbocycles. The predicted molar refractivity (Wildman–Crippen MR) is 133 cm³/mol. The van der Waals surface area contributed by atoms with Crippen molar-refractivity contribution >= 4 is 23.6 Å². The van der Waals surface area contributed by atoms with E-state index in [1.807, 2.05) is 26.8 Å². The molecule has 0 saturated heterocycles. The fourth-order valence-electron chi connectivity index (χ4n) is 3.71. The molecule has 0 atom stereocenters. The zero-order valence-electron chi connectivity index (χ0n) is 21.9. The maximum Gasteiger partial charge on any atom is 0.490 e. The molecule has 0 radical (unpaired) electrons. The molecular formula is C26H29F3N2O8. The molecule has 39 heavy (non-hydrogen) atoms. The molecule has 2 aromatic rings. The van der Waals surface area contributed by atoms with Crippen molar-refractivity contribution in [3.63, 3.8) is 0 Å². The molecule has 0 aromatic heterocycles. The van der Waals surface area contributed by atoms with Gasteiger partial charge in [0.25, 0.3) is 0 Å². The number of aliphatic carboxylic acids is 2. The number of hydrogen-bond donors (Lipinski definition) is 3. The lowest BCUT2D eigenvalue weighted by Crippen LogP contribution is -2.30. The van der Waals surface area contributed by atoms with E-state index < -0.39 is 24.7 Å². The monoisotopic (exact) mass is 554 g/mol. The summed E-state index contributed by atoms with van der Waals surface area (Å²) < 4.78 is 47.9. The van der Waals surface area contributed by atoms with Gasteiger partial charge in [0, 0.05) is 23.7 Å². The van der Waals surface area contributed by atoms with Crippen LogP contribution in [0, 0.1) is 5.41 Å². The number of halogens is 3. The van der Waals surface area contributed by atoms with Crippen molar-refractivity contribution in [2.45, 2.75) is 38.9 Å². The number of carboxylic acid groups (broad SMARTS) is 2. The number of ether oxygens (including phenoxy) is 3. The Morgan fingerprint density at radius 2 is 1.62 bits per heavy atom. The number of amidine groups is 1. The summed E-state index contributed by atoms with van der Waals surface area (Å²) in [7, 11) is 3.11. The fourth-order valence-corrected chi connectivity index (χ4v) is 3.71. The Bertz CT molecular complexity index is 1270. The Morgan fingerprint density at radius 1 is 1.00 bits per heavy atom. The van der Waals surface area contributed by atoms with E-state index in [1.165, 1.54) is 7.11 Å². The van der Waals surface area contributed by atoms with E-state index in [0.717, 1.165) is 11.1 Å². The van der Waals surface area contributed by atoms with Crippen LogP contribution in [-0.2, 0) is 21.5 Å². The second-order valence-corrected chi connectivity index (χ2v) is 9.44. The summed E-state index contributed by atoms with van der Waals surface area (Å²) in [5, 5.41) is 24.6. The zero-order valence-corrected chi connectivity index (χ0v) is 21.9. The van der Waals surface area contributed by atoms with Crippen LogP contribution in [0.15, 0.2) is 30.3 Å². The summed E-state index contributed by atoms with van der Waals surface area (Å²) in [5.74, 6) is -2.14. The number of nitrogens with one attached hydrogen (secondary N) is 1. The number of ketones is 1. The number of nitrogens with zero attached hydrogens (tertiary/aromatic N) is 1. The zero-order chi connectivity index (χ0) is 29.7. The van der Waals surface area contributed by atoms with Gasteiger partial charge in [-0.3, -0.25) is 10.2 Å². The topological polar surface area (TPSA) is 146 Å². The molecule has 0 spiro atoms. The number of fused-ring (bicyclic) bond motifs is 1. The van der Waals surface area contributed by atoms with Crippen molar-refractivity contribution in [3.8, 4) is 17.2 Å². The van der Waals surface area contributed by atoms with Gasteiger partial charge >= 0.3 is 18.1 Å². The highest BCUT2D eigenvalue weighted by Gasteiger charge is 2.38. The van der Waals surface area contributed by atoms with Crippen molar-refractivity contribution in [2.75, 3.05) is 27.4 Å². The van der Waals surface area contributed by atoms with Gasteiger partial charge in [-0.1, -0.05) is 20.8 Å². The summed E-state index contributed by atoms with van der Waals surface area (Å²) in [6.07, 6.45) is -5.08. The highest BCUT2D eigenvalue weighted by Crippen LogP contribution is 2.36. The first-order chi connectivity index (χ1) is 18.0. The number of Topliss-reactive ketones (excluding diaryl/α,β-unsaturated/α-hetero) is 1. The van der Waals surface area contributed by atoms with Crippen LogP contribution in [0.3, 0.4) is 0 Å². The lowest BCUT2D eigenvalue weighted by atomic mass is 9.85. The molecule has 3 rings (SSSR count). The molecule has 0 saturated carbocycles. The van der Waals surface area contributed by atoms with Crippen LogP contribution in [0.25, 0.3) is 0 Å². The average molecular weight is 555 g/mol. The van der Waals surface area contributed by atoms with E-state index in [2.05, 4.69) is 0 Å². The third-order valence-corrected chi connectivity index (χ3v) is 5.56. The lowest BCUT2D eigenvalue weighted by molar-refractivity contribution is -0.192. The maximum atomic E-state index is 13.1. The Labute approximate surface area is 222 Å². The van der Waals surface area contributed by atoms with E-state index in [1.54, 1.807) is 36.3 Å². The predicted octanol–water partition coefficient (Wildman–Crippen LogP) is 4.12. The molecule has 13 heteroatoms. The van der Waals surface area contributed by atoms with E-state index in [0.29, 0.717) is 34.9 Å². The van der Waals surface area contributed by atoms with Crippen LogP contribution in [0.2, 0.25) is 0 Å². The highest BCUT2D eigenvalue weighted by molar-refractivity contribution is 6.07. The Hall–Kier alpha value is -4.29. The largest absolute Gasteiger partial charge is 0.497 e. The SMILES string of the molecule is COc1cc2c(c(OC)c1)C(=N)N(CC(=O)c1ccc(OCC(=O)O)c(C(C)(C)C)c1)C2.O=C(O)C(F)(F)F. The Kier molecular flexibility index (Phi) is 9.56. The lowest BCUT2D eigenvalue weighted by Gasteiger charge is -2.24. The van der Waals surface area contributed by atoms with Crippen molar-refractivity contribution in [3.05, 3.63) is 52.6 Å². The van der Waals surface area contributed by atoms with Crippen molar-refractivity contribution in [1.29, 1.82) is 5.41 Å². The molecular weight excluding hydrogens is 525 g/mol. The minimum Gasteiger partial charge on any atom is -0.497 e. The molecule has 1 aliphatic rings. The van der Waals surface area contributed by atoms with Crippen LogP contribution in [-0.4, -0.2) is 72.2 Å². The minimum atomic E-state index is -5.08. The third kappa shape index (κ3) is 7.85. The number of hydrogen-bond acceptors (Lipinski definition) is 7. The molecule has 2 aromatic carbocycles. The summed E-state index contributed by atoms with van der Waals surface area (Å²) >= 11 is 0. The summed E-state index contributed by atoms with van der Waals surface area (Å²) in [5.41, 5.74) is 2.40. The first-order valence-corrected chi connectivity index (χ1v) is 11.4. The van der Waals surface area contributed by atoms with Crippen LogP contribution >= 0.6 is 0 Å². The molecule has 212 valence electrons. The number of alkyl halides is 3. The van der Waals surface area contributed by atoms with Crippen molar-refractivity contribution < 1.29 is 52.0 Å². The Balaban J connectivity index is 0.000000673. The third-order valence-electron chi connectivity index (χ3n) is 5.56. The maximum absolute atomic E-state index is 13.1. The van der Waals surface area contributed by atoms with E-state index in [-0.39, 0.29) is 23.6 Å². The van der Waals surface area contributed by atoms with Gasteiger partial charge in [-0.05, 0) is 35.2 Å². The average Bonchev–Trinajstić information content (AvgIpc) is 3.15. The van der Waals surface area contributed by atoms with Crippen LogP contribution in [0.1, 0.15) is 47.8 Å². The van der Waals surface area contributed by atoms with Gasteiger partial charge in [-0.25, -0.2) is 9.59 Å². The second-order valence-electron chi connectivity index (χ2n) is 9.44. The molecule has 0 amide bonds. The molecule has 0 bridgehead atoms. The van der Waals surface area contributed by atoms with E-state index in [4.69, 9.17) is 34.6 Å². The van der Waals surface area contributed by atoms with E-state index in [9.17, 15) is 22.8 Å². The quantitative estimate of drug-likeness (QED) is 0.410. The molecule has 10 nitrogen and oxygen atoms in total.